The van der Waals surface area contributed by atoms with Gasteiger partial charge in [0, 0.05) is 13.2 Å². The summed E-state index contributed by atoms with van der Waals surface area (Å²) in [5.74, 6) is -0.203. The van der Waals surface area contributed by atoms with Crippen molar-refractivity contribution < 1.29 is 4.79 Å². The zero-order valence-corrected chi connectivity index (χ0v) is 11.1. The normalized spacial score (nSPS) is 10.0. The van der Waals surface area contributed by atoms with Crippen LogP contribution >= 0.6 is 0 Å². The van der Waals surface area contributed by atoms with Crippen LogP contribution in [-0.2, 0) is 6.42 Å². The number of carbonyl (C=O) groups excluding carboxylic acids is 1. The molecule has 0 aliphatic heterocycles. The van der Waals surface area contributed by atoms with Gasteiger partial charge in [0.2, 0.25) is 0 Å². The van der Waals surface area contributed by atoms with Crippen LogP contribution in [0.4, 0.5) is 11.4 Å². The lowest BCUT2D eigenvalue weighted by Crippen LogP contribution is -2.14. The van der Waals surface area contributed by atoms with Crippen molar-refractivity contribution in [3.63, 3.8) is 0 Å². The third-order valence-electron chi connectivity index (χ3n) is 2.91. The van der Waals surface area contributed by atoms with Crippen LogP contribution in [0.25, 0.3) is 0 Å². The second kappa shape index (κ2) is 6.00. The van der Waals surface area contributed by atoms with Gasteiger partial charge >= 0.3 is 0 Å². The SMILES string of the molecule is CCc1ccc(C(=O)Nc2ccccc2NC)nc1. The Hall–Kier alpha value is -2.36. The molecule has 0 unspecified atom stereocenters. The quantitative estimate of drug-likeness (QED) is 0.883. The van der Waals surface area contributed by atoms with Crippen LogP contribution in [0, 0.1) is 0 Å². The molecule has 0 fully saturated rings. The summed E-state index contributed by atoms with van der Waals surface area (Å²) in [4.78, 5) is 16.2. The second-order valence-corrected chi connectivity index (χ2v) is 4.15. The molecule has 98 valence electrons. The number of nitrogens with zero attached hydrogens (tertiary/aromatic N) is 1. The molecular weight excluding hydrogens is 238 g/mol. The molecule has 4 nitrogen and oxygen atoms in total. The van der Waals surface area contributed by atoms with Crippen molar-refractivity contribution in [1.29, 1.82) is 0 Å². The fourth-order valence-electron chi connectivity index (χ4n) is 1.76. The summed E-state index contributed by atoms with van der Waals surface area (Å²) >= 11 is 0. The van der Waals surface area contributed by atoms with E-state index in [0.29, 0.717) is 5.69 Å². The van der Waals surface area contributed by atoms with E-state index in [1.54, 1.807) is 12.3 Å². The molecule has 2 aromatic rings. The Morgan fingerprint density at radius 1 is 1.16 bits per heavy atom. The number of benzene rings is 1. The Morgan fingerprint density at radius 3 is 2.47 bits per heavy atom. The fourth-order valence-corrected chi connectivity index (χ4v) is 1.76. The number of para-hydroxylation sites is 2. The largest absolute Gasteiger partial charge is 0.386 e. The molecule has 0 aliphatic carbocycles. The minimum atomic E-state index is -0.203. The van der Waals surface area contributed by atoms with Crippen LogP contribution in [0.15, 0.2) is 42.6 Å². The lowest BCUT2D eigenvalue weighted by atomic mass is 10.2. The molecule has 1 amide bonds. The van der Waals surface area contributed by atoms with Crippen molar-refractivity contribution in [2.45, 2.75) is 13.3 Å². The monoisotopic (exact) mass is 255 g/mol. The summed E-state index contributed by atoms with van der Waals surface area (Å²) in [5.41, 5.74) is 3.16. The third-order valence-corrected chi connectivity index (χ3v) is 2.91. The first-order chi connectivity index (χ1) is 9.24. The molecule has 0 radical (unpaired) electrons. The maximum Gasteiger partial charge on any atom is 0.274 e. The van der Waals surface area contributed by atoms with Crippen LogP contribution in [0.1, 0.15) is 23.0 Å². The van der Waals surface area contributed by atoms with Gasteiger partial charge in [-0.15, -0.1) is 0 Å². The standard InChI is InChI=1S/C15H17N3O/c1-3-11-8-9-14(17-10-11)15(19)18-13-7-5-4-6-12(13)16-2/h4-10,16H,3H2,1-2H3,(H,18,19). The Kier molecular flexibility index (Phi) is 4.13. The highest BCUT2D eigenvalue weighted by Crippen LogP contribution is 2.20. The van der Waals surface area contributed by atoms with Crippen molar-refractivity contribution in [3.8, 4) is 0 Å². The summed E-state index contributed by atoms with van der Waals surface area (Å²) in [6, 6.07) is 11.2. The van der Waals surface area contributed by atoms with E-state index in [4.69, 9.17) is 0 Å². The van der Waals surface area contributed by atoms with Crippen molar-refractivity contribution in [2.75, 3.05) is 17.7 Å². The predicted molar refractivity (Wildman–Crippen MR) is 77.6 cm³/mol. The highest BCUT2D eigenvalue weighted by molar-refractivity contribution is 6.04. The molecule has 0 aliphatic rings. The van der Waals surface area contributed by atoms with Crippen LogP contribution in [0.3, 0.4) is 0 Å². The zero-order chi connectivity index (χ0) is 13.7. The summed E-state index contributed by atoms with van der Waals surface area (Å²) in [5, 5.41) is 5.89. The number of amides is 1. The van der Waals surface area contributed by atoms with E-state index in [1.807, 2.05) is 37.4 Å². The summed E-state index contributed by atoms with van der Waals surface area (Å²) < 4.78 is 0. The smallest absolute Gasteiger partial charge is 0.274 e. The lowest BCUT2D eigenvalue weighted by Gasteiger charge is -2.10. The van der Waals surface area contributed by atoms with Crippen LogP contribution in [0.5, 0.6) is 0 Å². The highest BCUT2D eigenvalue weighted by atomic mass is 16.1. The molecule has 4 heteroatoms. The molecule has 0 saturated heterocycles. The molecule has 1 aromatic carbocycles. The van der Waals surface area contributed by atoms with Gasteiger partial charge in [0.25, 0.3) is 5.91 Å². The molecule has 1 heterocycles. The maximum absolute atomic E-state index is 12.1. The van der Waals surface area contributed by atoms with Crippen molar-refractivity contribution in [2.24, 2.45) is 0 Å². The number of aryl methyl sites for hydroxylation is 1. The van der Waals surface area contributed by atoms with Crippen LogP contribution in [0.2, 0.25) is 0 Å². The molecule has 0 atom stereocenters. The molecule has 0 bridgehead atoms. The van der Waals surface area contributed by atoms with Crippen LogP contribution < -0.4 is 10.6 Å². The Bertz CT molecular complexity index is 564. The van der Waals surface area contributed by atoms with Crippen molar-refractivity contribution in [3.05, 3.63) is 53.9 Å². The molecule has 19 heavy (non-hydrogen) atoms. The number of hydrogen-bond donors (Lipinski definition) is 2. The molecule has 1 aromatic heterocycles. The summed E-state index contributed by atoms with van der Waals surface area (Å²) in [6.07, 6.45) is 2.65. The van der Waals surface area contributed by atoms with E-state index < -0.39 is 0 Å². The maximum atomic E-state index is 12.1. The number of pyridine rings is 1. The summed E-state index contributed by atoms with van der Waals surface area (Å²) in [6.45, 7) is 2.06. The first-order valence-electron chi connectivity index (χ1n) is 6.27. The van der Waals surface area contributed by atoms with E-state index in [9.17, 15) is 4.79 Å². The van der Waals surface area contributed by atoms with Crippen molar-refractivity contribution in [1.82, 2.24) is 4.98 Å². The Balaban J connectivity index is 2.16. The lowest BCUT2D eigenvalue weighted by molar-refractivity contribution is 0.102. The molecule has 2 rings (SSSR count). The topological polar surface area (TPSA) is 54.0 Å². The first-order valence-corrected chi connectivity index (χ1v) is 6.27. The molecule has 2 N–H and O–H groups in total. The fraction of sp³-hybridized carbons (Fsp3) is 0.200. The number of rotatable bonds is 4. The first kappa shape index (κ1) is 13.1. The van der Waals surface area contributed by atoms with Gasteiger partial charge in [0.05, 0.1) is 11.4 Å². The van der Waals surface area contributed by atoms with Crippen LogP contribution in [-0.4, -0.2) is 17.9 Å². The third kappa shape index (κ3) is 3.10. The van der Waals surface area contributed by atoms with Gasteiger partial charge in [0.15, 0.2) is 0 Å². The number of anilines is 2. The predicted octanol–water partition coefficient (Wildman–Crippen LogP) is 2.94. The molecule has 0 spiro atoms. The van der Waals surface area contributed by atoms with Gasteiger partial charge < -0.3 is 10.6 Å². The average Bonchev–Trinajstić information content (AvgIpc) is 2.48. The van der Waals surface area contributed by atoms with Gasteiger partial charge in [-0.1, -0.05) is 25.1 Å². The number of hydrogen-bond acceptors (Lipinski definition) is 3. The van der Waals surface area contributed by atoms with Gasteiger partial charge in [-0.05, 0) is 30.2 Å². The number of nitrogens with one attached hydrogen (secondary N) is 2. The van der Waals surface area contributed by atoms with E-state index in [0.717, 1.165) is 23.4 Å². The van der Waals surface area contributed by atoms with E-state index in [2.05, 4.69) is 22.5 Å². The average molecular weight is 255 g/mol. The Labute approximate surface area is 112 Å². The number of carbonyl (C=O) groups is 1. The molecular formula is C15H17N3O. The van der Waals surface area contributed by atoms with E-state index >= 15 is 0 Å². The highest BCUT2D eigenvalue weighted by Gasteiger charge is 2.09. The minimum absolute atomic E-state index is 0.203. The second-order valence-electron chi connectivity index (χ2n) is 4.15. The summed E-state index contributed by atoms with van der Waals surface area (Å²) in [7, 11) is 1.82. The molecule has 0 saturated carbocycles. The van der Waals surface area contributed by atoms with Gasteiger partial charge in [0.1, 0.15) is 5.69 Å². The zero-order valence-electron chi connectivity index (χ0n) is 11.1. The van der Waals surface area contributed by atoms with E-state index in [-0.39, 0.29) is 5.91 Å². The van der Waals surface area contributed by atoms with Crippen molar-refractivity contribution >= 4 is 17.3 Å². The number of aromatic nitrogens is 1. The Morgan fingerprint density at radius 2 is 1.89 bits per heavy atom. The van der Waals surface area contributed by atoms with E-state index in [1.165, 1.54) is 0 Å². The minimum Gasteiger partial charge on any atom is -0.386 e. The van der Waals surface area contributed by atoms with Gasteiger partial charge in [-0.25, -0.2) is 0 Å². The van der Waals surface area contributed by atoms with Gasteiger partial charge in [-0.3, -0.25) is 9.78 Å². The van der Waals surface area contributed by atoms with Gasteiger partial charge in [-0.2, -0.15) is 0 Å².